The number of likely N-dealkylation sites (tertiary alicyclic amines) is 1. The molecule has 49 heavy (non-hydrogen) atoms. The fourth-order valence-corrected chi connectivity index (χ4v) is 7.96. The average Bonchev–Trinajstić information content (AvgIpc) is 3.75. The van der Waals surface area contributed by atoms with Gasteiger partial charge < -0.3 is 34.4 Å². The van der Waals surface area contributed by atoms with Gasteiger partial charge in [-0.3, -0.25) is 24.1 Å². The van der Waals surface area contributed by atoms with Gasteiger partial charge in [-0.05, 0) is 30.7 Å². The highest BCUT2D eigenvalue weighted by Gasteiger charge is 2.75. The zero-order valence-electron chi connectivity index (χ0n) is 28.8. The first-order valence-electron chi connectivity index (χ1n) is 17.6. The Kier molecular flexibility index (Phi) is 12.3. The molecule has 268 valence electrons. The second kappa shape index (κ2) is 16.4. The number of ether oxygens (including phenoxy) is 3. The Balaban J connectivity index is 1.43. The molecule has 1 spiro atoms. The molecule has 3 amide bonds. The van der Waals surface area contributed by atoms with Crippen molar-refractivity contribution in [2.24, 2.45) is 17.8 Å². The minimum atomic E-state index is -1.25. The van der Waals surface area contributed by atoms with Crippen molar-refractivity contribution in [2.75, 3.05) is 59.1 Å². The van der Waals surface area contributed by atoms with Gasteiger partial charge in [0.15, 0.2) is 0 Å². The standard InChI is InChI=1S/C37H52N4O8/c1-5-7-13-30(43)38-23-29(26-11-9-8-10-12-26)48-36(46)31-28-14-15-37(49-28)32(31)34(44)41(27(24-42)25(3)4)33(37)35(45)40(16-6-2)18-17-39-19-21-47-22-20-39/h5-6,8-12,25,27-29,31-33,42H,1-2,7,13-24H2,3-4H3,(H,38,43)/t27-,28-,29+,31+,32+,33-,37+/m0/s1. The highest BCUT2D eigenvalue weighted by atomic mass is 16.6. The molecule has 4 heterocycles. The van der Waals surface area contributed by atoms with E-state index in [0.717, 1.165) is 13.1 Å². The highest BCUT2D eigenvalue weighted by Crippen LogP contribution is 2.59. The molecule has 0 radical (unpaired) electrons. The van der Waals surface area contributed by atoms with Gasteiger partial charge in [-0.1, -0.05) is 56.3 Å². The molecule has 0 aliphatic carbocycles. The molecule has 5 rings (SSSR count). The van der Waals surface area contributed by atoms with Crippen molar-refractivity contribution in [1.29, 1.82) is 0 Å². The summed E-state index contributed by atoms with van der Waals surface area (Å²) in [6, 6.07) is 7.47. The fourth-order valence-electron chi connectivity index (χ4n) is 7.96. The second-order valence-corrected chi connectivity index (χ2v) is 13.8. The van der Waals surface area contributed by atoms with E-state index < -0.39 is 47.7 Å². The van der Waals surface area contributed by atoms with Gasteiger partial charge in [0.25, 0.3) is 0 Å². The van der Waals surface area contributed by atoms with E-state index in [0.29, 0.717) is 51.1 Å². The van der Waals surface area contributed by atoms with Crippen LogP contribution >= 0.6 is 0 Å². The van der Waals surface area contributed by atoms with E-state index in [-0.39, 0.29) is 49.8 Å². The summed E-state index contributed by atoms with van der Waals surface area (Å²) in [4.78, 5) is 61.5. The Labute approximate surface area is 289 Å². The Bertz CT molecular complexity index is 1350. The number of benzene rings is 1. The summed E-state index contributed by atoms with van der Waals surface area (Å²) in [5.41, 5.74) is -0.545. The van der Waals surface area contributed by atoms with Gasteiger partial charge in [0.2, 0.25) is 17.7 Å². The van der Waals surface area contributed by atoms with Crippen molar-refractivity contribution in [3.63, 3.8) is 0 Å². The first-order valence-corrected chi connectivity index (χ1v) is 17.6. The molecular formula is C37H52N4O8. The van der Waals surface area contributed by atoms with E-state index in [1.54, 1.807) is 17.1 Å². The Morgan fingerprint density at radius 1 is 1.16 bits per heavy atom. The van der Waals surface area contributed by atoms with Crippen LogP contribution in [0.2, 0.25) is 0 Å². The third kappa shape index (κ3) is 7.62. The smallest absolute Gasteiger partial charge is 0.313 e. The van der Waals surface area contributed by atoms with Crippen molar-refractivity contribution in [3.8, 4) is 0 Å². The summed E-state index contributed by atoms with van der Waals surface area (Å²) in [6.07, 6.45) is 3.62. The van der Waals surface area contributed by atoms with Crippen LogP contribution in [0.3, 0.4) is 0 Å². The minimum absolute atomic E-state index is 0.0561. The lowest BCUT2D eigenvalue weighted by Gasteiger charge is -2.40. The lowest BCUT2D eigenvalue weighted by atomic mass is 9.70. The van der Waals surface area contributed by atoms with E-state index >= 15 is 0 Å². The molecule has 4 aliphatic heterocycles. The van der Waals surface area contributed by atoms with Gasteiger partial charge in [0, 0.05) is 39.1 Å². The summed E-state index contributed by atoms with van der Waals surface area (Å²) in [5.74, 6) is -3.52. The zero-order valence-corrected chi connectivity index (χ0v) is 28.8. The van der Waals surface area contributed by atoms with E-state index in [9.17, 15) is 24.3 Å². The second-order valence-electron chi connectivity index (χ2n) is 13.8. The molecule has 4 aliphatic rings. The number of esters is 1. The van der Waals surface area contributed by atoms with Crippen LogP contribution in [0.4, 0.5) is 0 Å². The van der Waals surface area contributed by atoms with Gasteiger partial charge in [0.1, 0.15) is 17.7 Å². The number of hydrogen-bond donors (Lipinski definition) is 2. The maximum atomic E-state index is 14.7. The number of aliphatic hydroxyl groups is 1. The Morgan fingerprint density at radius 2 is 1.90 bits per heavy atom. The molecule has 0 aromatic heterocycles. The van der Waals surface area contributed by atoms with Crippen LogP contribution in [0.5, 0.6) is 0 Å². The van der Waals surface area contributed by atoms with Crippen molar-refractivity contribution in [1.82, 2.24) is 20.0 Å². The van der Waals surface area contributed by atoms with Gasteiger partial charge in [-0.2, -0.15) is 0 Å². The Hall–Kier alpha value is -3.58. The predicted molar refractivity (Wildman–Crippen MR) is 182 cm³/mol. The number of carbonyl (C=O) groups is 4. The topological polar surface area (TPSA) is 138 Å². The molecule has 12 heteroatoms. The van der Waals surface area contributed by atoms with Crippen LogP contribution in [0.1, 0.15) is 51.2 Å². The fraction of sp³-hybridized carbons (Fsp3) is 0.622. The van der Waals surface area contributed by atoms with Crippen LogP contribution in [0, 0.1) is 17.8 Å². The zero-order chi connectivity index (χ0) is 35.1. The Morgan fingerprint density at radius 3 is 2.55 bits per heavy atom. The van der Waals surface area contributed by atoms with E-state index in [4.69, 9.17) is 14.2 Å². The monoisotopic (exact) mass is 680 g/mol. The summed E-state index contributed by atoms with van der Waals surface area (Å²) in [5, 5.41) is 13.4. The van der Waals surface area contributed by atoms with E-state index in [2.05, 4.69) is 23.4 Å². The van der Waals surface area contributed by atoms with Crippen LogP contribution in [0.15, 0.2) is 55.6 Å². The van der Waals surface area contributed by atoms with Gasteiger partial charge in [0.05, 0.1) is 50.3 Å². The highest BCUT2D eigenvalue weighted by molar-refractivity contribution is 5.98. The van der Waals surface area contributed by atoms with Gasteiger partial charge >= 0.3 is 5.97 Å². The van der Waals surface area contributed by atoms with Crippen molar-refractivity contribution < 1.29 is 38.5 Å². The molecule has 1 aromatic carbocycles. The minimum Gasteiger partial charge on any atom is -0.455 e. The summed E-state index contributed by atoms with van der Waals surface area (Å²) in [6.45, 7) is 15.2. The van der Waals surface area contributed by atoms with E-state index in [1.165, 1.54) is 4.90 Å². The first-order chi connectivity index (χ1) is 23.7. The largest absolute Gasteiger partial charge is 0.455 e. The number of allylic oxidation sites excluding steroid dienone is 1. The molecule has 4 fully saturated rings. The van der Waals surface area contributed by atoms with Gasteiger partial charge in [-0.15, -0.1) is 13.2 Å². The lowest BCUT2D eigenvalue weighted by molar-refractivity contribution is -0.161. The number of carbonyl (C=O) groups excluding carboxylic acids is 4. The predicted octanol–water partition coefficient (Wildman–Crippen LogP) is 2.09. The number of aliphatic hydroxyl groups excluding tert-OH is 1. The molecule has 4 saturated heterocycles. The number of rotatable bonds is 17. The number of morpholine rings is 1. The molecule has 12 nitrogen and oxygen atoms in total. The third-order valence-corrected chi connectivity index (χ3v) is 10.5. The first kappa shape index (κ1) is 36.7. The summed E-state index contributed by atoms with van der Waals surface area (Å²) < 4.78 is 18.3. The lowest BCUT2D eigenvalue weighted by Crippen LogP contribution is -2.60. The van der Waals surface area contributed by atoms with Crippen LogP contribution in [-0.2, 0) is 33.4 Å². The number of fused-ring (bicyclic) bond motifs is 1. The van der Waals surface area contributed by atoms with Crippen LogP contribution in [-0.4, -0.2) is 126 Å². The molecular weight excluding hydrogens is 628 g/mol. The molecule has 2 bridgehead atoms. The maximum absolute atomic E-state index is 14.7. The molecule has 0 saturated carbocycles. The number of amides is 3. The van der Waals surface area contributed by atoms with Crippen LogP contribution in [0.25, 0.3) is 0 Å². The molecule has 7 atom stereocenters. The van der Waals surface area contributed by atoms with Crippen LogP contribution < -0.4 is 5.32 Å². The third-order valence-electron chi connectivity index (χ3n) is 10.5. The van der Waals surface area contributed by atoms with Crippen molar-refractivity contribution in [2.45, 2.75) is 69.4 Å². The van der Waals surface area contributed by atoms with Crippen molar-refractivity contribution in [3.05, 3.63) is 61.2 Å². The molecule has 2 N–H and O–H groups in total. The quantitative estimate of drug-likeness (QED) is 0.187. The number of nitrogens with one attached hydrogen (secondary N) is 1. The summed E-state index contributed by atoms with van der Waals surface area (Å²) in [7, 11) is 0. The molecule has 0 unspecified atom stereocenters. The van der Waals surface area contributed by atoms with Gasteiger partial charge in [-0.25, -0.2) is 0 Å². The SMILES string of the molecule is C=CCCC(=O)NC[C@@H](OC(=O)[C@@H]1[C@@H]2CC[C@]3(O2)[C@H](C(=O)N(CC=C)CCN2CCOCC2)N([C@@H](CO)C(C)C)C(=O)[C@@H]13)c1ccccc1. The maximum Gasteiger partial charge on any atom is 0.313 e. The normalized spacial score (nSPS) is 27.4. The van der Waals surface area contributed by atoms with E-state index in [1.807, 2.05) is 44.2 Å². The average molecular weight is 681 g/mol. The number of hydrogen-bond acceptors (Lipinski definition) is 9. The number of nitrogens with zero attached hydrogens (tertiary/aromatic N) is 3. The summed E-state index contributed by atoms with van der Waals surface area (Å²) >= 11 is 0. The van der Waals surface area contributed by atoms with Crippen molar-refractivity contribution >= 4 is 23.7 Å². The molecule has 1 aromatic rings.